The van der Waals surface area contributed by atoms with Crippen molar-refractivity contribution in [3.63, 3.8) is 0 Å². The molecule has 0 radical (unpaired) electrons. The molecule has 0 unspecified atom stereocenters. The number of halogens is 1. The van der Waals surface area contributed by atoms with E-state index in [-0.39, 0.29) is 0 Å². The van der Waals surface area contributed by atoms with E-state index in [4.69, 9.17) is 4.74 Å². The Morgan fingerprint density at radius 2 is 2.40 bits per heavy atom. The second kappa shape index (κ2) is 4.99. The van der Waals surface area contributed by atoms with E-state index in [1.165, 1.54) is 5.56 Å². The second-order valence-corrected chi connectivity index (χ2v) is 4.75. The first-order valence-corrected chi connectivity index (χ1v) is 6.24. The normalized spacial score (nSPS) is 20.5. The molecule has 3 heteroatoms. The summed E-state index contributed by atoms with van der Waals surface area (Å²) < 4.78 is 7.09. The minimum Gasteiger partial charge on any atom is -0.489 e. The zero-order valence-corrected chi connectivity index (χ0v) is 10.5. The molecule has 2 rings (SSSR count). The number of hydrogen-bond donors (Lipinski definition) is 1. The lowest BCUT2D eigenvalue weighted by atomic mass is 10.1. The largest absolute Gasteiger partial charge is 0.489 e. The van der Waals surface area contributed by atoms with Crippen LogP contribution in [-0.4, -0.2) is 19.2 Å². The van der Waals surface area contributed by atoms with Crippen LogP contribution >= 0.6 is 15.9 Å². The fourth-order valence-corrected chi connectivity index (χ4v) is 2.26. The van der Waals surface area contributed by atoms with Gasteiger partial charge < -0.3 is 10.1 Å². The SMILES string of the molecule is CCc1cc(Br)ccc1O[C@H]1CCNC1. The van der Waals surface area contributed by atoms with Crippen molar-refractivity contribution in [2.75, 3.05) is 13.1 Å². The molecule has 1 aliphatic rings. The number of hydrogen-bond acceptors (Lipinski definition) is 2. The molecular formula is C12H16BrNO. The maximum Gasteiger partial charge on any atom is 0.123 e. The van der Waals surface area contributed by atoms with Crippen LogP contribution in [0.4, 0.5) is 0 Å². The van der Waals surface area contributed by atoms with Crippen LogP contribution in [0.15, 0.2) is 22.7 Å². The quantitative estimate of drug-likeness (QED) is 0.911. The molecule has 0 spiro atoms. The van der Waals surface area contributed by atoms with Gasteiger partial charge in [0.05, 0.1) is 0 Å². The van der Waals surface area contributed by atoms with Crippen molar-refractivity contribution in [3.8, 4) is 5.75 Å². The summed E-state index contributed by atoms with van der Waals surface area (Å²) in [6, 6.07) is 6.23. The van der Waals surface area contributed by atoms with Crippen LogP contribution in [-0.2, 0) is 6.42 Å². The van der Waals surface area contributed by atoms with Gasteiger partial charge in [0, 0.05) is 11.0 Å². The van der Waals surface area contributed by atoms with Gasteiger partial charge in [-0.05, 0) is 43.1 Å². The van der Waals surface area contributed by atoms with Crippen molar-refractivity contribution in [2.45, 2.75) is 25.9 Å². The highest BCUT2D eigenvalue weighted by molar-refractivity contribution is 9.10. The average Bonchev–Trinajstić information content (AvgIpc) is 2.73. The van der Waals surface area contributed by atoms with E-state index in [2.05, 4.69) is 40.3 Å². The van der Waals surface area contributed by atoms with Crippen molar-refractivity contribution in [3.05, 3.63) is 28.2 Å². The predicted octanol–water partition coefficient (Wildman–Crippen LogP) is 2.75. The first-order chi connectivity index (χ1) is 7.29. The lowest BCUT2D eigenvalue weighted by Crippen LogP contribution is -2.20. The highest BCUT2D eigenvalue weighted by Crippen LogP contribution is 2.25. The van der Waals surface area contributed by atoms with Gasteiger partial charge >= 0.3 is 0 Å². The third-order valence-corrected chi connectivity index (χ3v) is 3.21. The van der Waals surface area contributed by atoms with Gasteiger partial charge in [-0.3, -0.25) is 0 Å². The Balaban J connectivity index is 2.12. The first kappa shape index (κ1) is 11.0. The molecule has 1 aromatic carbocycles. The number of rotatable bonds is 3. The molecular weight excluding hydrogens is 254 g/mol. The van der Waals surface area contributed by atoms with Gasteiger partial charge in [-0.1, -0.05) is 22.9 Å². The minimum absolute atomic E-state index is 0.344. The van der Waals surface area contributed by atoms with Crippen molar-refractivity contribution in [1.82, 2.24) is 5.32 Å². The molecule has 15 heavy (non-hydrogen) atoms. The minimum atomic E-state index is 0.344. The summed E-state index contributed by atoms with van der Waals surface area (Å²) in [5.74, 6) is 1.04. The average molecular weight is 270 g/mol. The Kier molecular flexibility index (Phi) is 3.65. The third kappa shape index (κ3) is 2.73. The highest BCUT2D eigenvalue weighted by Gasteiger charge is 2.16. The molecule has 1 aliphatic heterocycles. The standard InChI is InChI=1S/C12H16BrNO/c1-2-9-7-10(13)3-4-12(9)15-11-5-6-14-8-11/h3-4,7,11,14H,2,5-6,8H2,1H3/t11-/m0/s1. The maximum absolute atomic E-state index is 5.97. The molecule has 1 atom stereocenters. The fourth-order valence-electron chi connectivity index (χ4n) is 1.85. The van der Waals surface area contributed by atoms with Gasteiger partial charge in [-0.2, -0.15) is 0 Å². The molecule has 1 aromatic rings. The topological polar surface area (TPSA) is 21.3 Å². The van der Waals surface area contributed by atoms with Crippen molar-refractivity contribution >= 4 is 15.9 Å². The van der Waals surface area contributed by atoms with E-state index in [0.717, 1.165) is 36.2 Å². The molecule has 1 N–H and O–H groups in total. The van der Waals surface area contributed by atoms with E-state index in [1.54, 1.807) is 0 Å². The molecule has 0 aliphatic carbocycles. The van der Waals surface area contributed by atoms with Gasteiger partial charge in [0.25, 0.3) is 0 Å². The smallest absolute Gasteiger partial charge is 0.123 e. The van der Waals surface area contributed by atoms with Crippen LogP contribution < -0.4 is 10.1 Å². The Morgan fingerprint density at radius 1 is 1.53 bits per heavy atom. The lowest BCUT2D eigenvalue weighted by molar-refractivity contribution is 0.221. The second-order valence-electron chi connectivity index (χ2n) is 3.84. The predicted molar refractivity (Wildman–Crippen MR) is 65.4 cm³/mol. The fraction of sp³-hybridized carbons (Fsp3) is 0.500. The monoisotopic (exact) mass is 269 g/mol. The van der Waals surface area contributed by atoms with Crippen LogP contribution in [0.3, 0.4) is 0 Å². The zero-order chi connectivity index (χ0) is 10.7. The lowest BCUT2D eigenvalue weighted by Gasteiger charge is -2.15. The summed E-state index contributed by atoms with van der Waals surface area (Å²) in [5, 5.41) is 3.31. The van der Waals surface area contributed by atoms with Gasteiger partial charge in [0.15, 0.2) is 0 Å². The number of aryl methyl sites for hydroxylation is 1. The van der Waals surface area contributed by atoms with E-state index in [1.807, 2.05) is 6.07 Å². The van der Waals surface area contributed by atoms with E-state index < -0.39 is 0 Å². The van der Waals surface area contributed by atoms with Gasteiger partial charge in [0.2, 0.25) is 0 Å². The van der Waals surface area contributed by atoms with Crippen LogP contribution in [0.5, 0.6) is 5.75 Å². The first-order valence-electron chi connectivity index (χ1n) is 5.45. The van der Waals surface area contributed by atoms with Crippen molar-refractivity contribution in [2.24, 2.45) is 0 Å². The van der Waals surface area contributed by atoms with Crippen LogP contribution in [0, 0.1) is 0 Å². The van der Waals surface area contributed by atoms with Crippen molar-refractivity contribution < 1.29 is 4.74 Å². The summed E-state index contributed by atoms with van der Waals surface area (Å²) in [4.78, 5) is 0. The molecule has 0 saturated carbocycles. The Hall–Kier alpha value is -0.540. The molecule has 0 aromatic heterocycles. The van der Waals surface area contributed by atoms with E-state index in [9.17, 15) is 0 Å². The molecule has 0 amide bonds. The summed E-state index contributed by atoms with van der Waals surface area (Å²) in [7, 11) is 0. The molecule has 1 heterocycles. The summed E-state index contributed by atoms with van der Waals surface area (Å²) in [5.41, 5.74) is 1.27. The van der Waals surface area contributed by atoms with E-state index in [0.29, 0.717) is 6.10 Å². The highest BCUT2D eigenvalue weighted by atomic mass is 79.9. The number of benzene rings is 1. The molecule has 0 bridgehead atoms. The molecule has 2 nitrogen and oxygen atoms in total. The molecule has 1 saturated heterocycles. The molecule has 1 fully saturated rings. The third-order valence-electron chi connectivity index (χ3n) is 2.71. The van der Waals surface area contributed by atoms with Crippen molar-refractivity contribution in [1.29, 1.82) is 0 Å². The molecule has 82 valence electrons. The van der Waals surface area contributed by atoms with Gasteiger partial charge in [-0.25, -0.2) is 0 Å². The summed E-state index contributed by atoms with van der Waals surface area (Å²) in [6.07, 6.45) is 2.46. The zero-order valence-electron chi connectivity index (χ0n) is 8.92. The number of ether oxygens (including phenoxy) is 1. The number of nitrogens with one attached hydrogen (secondary N) is 1. The van der Waals surface area contributed by atoms with Crippen LogP contribution in [0.25, 0.3) is 0 Å². The van der Waals surface area contributed by atoms with E-state index >= 15 is 0 Å². The Bertz CT molecular complexity index is 334. The van der Waals surface area contributed by atoms with Gasteiger partial charge in [-0.15, -0.1) is 0 Å². The Labute approximate surface area is 99.1 Å². The summed E-state index contributed by atoms with van der Waals surface area (Å²) in [6.45, 7) is 4.20. The van der Waals surface area contributed by atoms with Crippen LogP contribution in [0.1, 0.15) is 18.9 Å². The maximum atomic E-state index is 5.97. The van der Waals surface area contributed by atoms with Crippen LogP contribution in [0.2, 0.25) is 0 Å². The summed E-state index contributed by atoms with van der Waals surface area (Å²) >= 11 is 3.48. The van der Waals surface area contributed by atoms with Gasteiger partial charge in [0.1, 0.15) is 11.9 Å². The Morgan fingerprint density at radius 3 is 3.07 bits per heavy atom.